The van der Waals surface area contributed by atoms with Crippen molar-refractivity contribution < 1.29 is 22.1 Å². The summed E-state index contributed by atoms with van der Waals surface area (Å²) < 4.78 is 8.66. The molecule has 0 saturated heterocycles. The molecule has 0 amide bonds. The van der Waals surface area contributed by atoms with E-state index >= 15 is 0 Å². The molecule has 0 bridgehead atoms. The molecular weight excluding hydrogens is 147 g/mol. The van der Waals surface area contributed by atoms with Crippen LogP contribution in [0.3, 0.4) is 0 Å². The molecule has 6 nitrogen and oxygen atoms in total. The lowest BCUT2D eigenvalue weighted by Gasteiger charge is -2.19. The molecule has 0 aliphatic heterocycles. The topological polar surface area (TPSA) is 142 Å². The monoisotopic (exact) mass is 156 g/mol. The predicted molar refractivity (Wildman–Crippen MR) is 28.4 cm³/mol. The summed E-state index contributed by atoms with van der Waals surface area (Å²) in [6.45, 7) is 1.43. The van der Waals surface area contributed by atoms with Crippen LogP contribution in [0.15, 0.2) is 0 Å². The highest BCUT2D eigenvalue weighted by Gasteiger charge is 1.64. The SMILES string of the molecule is CC#N.N.O=P([O-])([O-])O.[H+].[H+]. The highest BCUT2D eigenvalue weighted by Crippen LogP contribution is 2.11. The van der Waals surface area contributed by atoms with Crippen LogP contribution in [0.5, 0.6) is 0 Å². The van der Waals surface area contributed by atoms with Crippen LogP contribution in [0.2, 0.25) is 0 Å². The first kappa shape index (κ1) is 15.8. The second kappa shape index (κ2) is 7.56. The average molecular weight is 156 g/mol. The van der Waals surface area contributed by atoms with Crippen molar-refractivity contribution in [1.82, 2.24) is 6.15 Å². The summed E-state index contributed by atoms with van der Waals surface area (Å²) in [6.07, 6.45) is 0. The molecule has 0 saturated carbocycles. The van der Waals surface area contributed by atoms with Crippen molar-refractivity contribution in [1.29, 1.82) is 5.26 Å². The Hall–Kier alpha value is -0.440. The maximum Gasteiger partial charge on any atom is 1.00 e. The van der Waals surface area contributed by atoms with Crippen LogP contribution >= 0.6 is 7.82 Å². The van der Waals surface area contributed by atoms with Gasteiger partial charge < -0.3 is 25.4 Å². The fraction of sp³-hybridized carbons (Fsp3) is 0.500. The van der Waals surface area contributed by atoms with Gasteiger partial charge in [-0.15, -0.1) is 0 Å². The summed E-state index contributed by atoms with van der Waals surface area (Å²) in [7, 11) is -5.14. The molecule has 0 aromatic rings. The Morgan fingerprint density at radius 1 is 1.78 bits per heavy atom. The van der Waals surface area contributed by atoms with E-state index in [1.54, 1.807) is 6.07 Å². The van der Waals surface area contributed by atoms with Crippen LogP contribution in [0.4, 0.5) is 0 Å². The molecule has 0 spiro atoms. The molecule has 0 fully saturated rings. The maximum absolute atomic E-state index is 8.66. The molecule has 0 aliphatic carbocycles. The Morgan fingerprint density at radius 3 is 1.78 bits per heavy atom. The van der Waals surface area contributed by atoms with Gasteiger partial charge in [-0.2, -0.15) is 5.26 Å². The summed E-state index contributed by atoms with van der Waals surface area (Å²) in [4.78, 5) is 24.3. The lowest BCUT2D eigenvalue weighted by molar-refractivity contribution is -0.337. The minimum Gasteiger partial charge on any atom is -0.790 e. The first-order valence-electron chi connectivity index (χ1n) is 1.47. The fourth-order valence-electron chi connectivity index (χ4n) is 0. The van der Waals surface area contributed by atoms with E-state index in [-0.39, 0.29) is 9.00 Å². The second-order valence-corrected chi connectivity index (χ2v) is 1.63. The Labute approximate surface area is 55.5 Å². The zero-order valence-electron chi connectivity index (χ0n) is 6.77. The molecule has 0 unspecified atom stereocenters. The van der Waals surface area contributed by atoms with Crippen molar-refractivity contribution in [3.8, 4) is 6.07 Å². The van der Waals surface area contributed by atoms with E-state index in [1.165, 1.54) is 6.92 Å². The molecule has 0 aliphatic rings. The summed E-state index contributed by atoms with van der Waals surface area (Å²) in [6, 6.07) is 1.75. The third-order valence-electron chi connectivity index (χ3n) is 0. The molecule has 0 rings (SSSR count). The van der Waals surface area contributed by atoms with Gasteiger partial charge in [0.15, 0.2) is 0 Å². The van der Waals surface area contributed by atoms with Gasteiger partial charge in [-0.3, -0.25) is 0 Å². The second-order valence-electron chi connectivity index (χ2n) is 0.692. The smallest absolute Gasteiger partial charge is 0.790 e. The van der Waals surface area contributed by atoms with Gasteiger partial charge in [0.25, 0.3) is 0 Å². The van der Waals surface area contributed by atoms with Gasteiger partial charge in [-0.1, -0.05) is 0 Å². The molecule has 0 radical (unpaired) electrons. The lowest BCUT2D eigenvalue weighted by Crippen LogP contribution is -2.11. The number of nitriles is 1. The quantitative estimate of drug-likeness (QED) is 0.418. The first-order chi connectivity index (χ1) is 3.41. The molecule has 56 valence electrons. The predicted octanol–water partition coefficient (Wildman–Crippen LogP) is -1.28. The Balaban J connectivity index is -0.0000000183. The van der Waals surface area contributed by atoms with E-state index in [0.29, 0.717) is 0 Å². The molecule has 0 atom stereocenters. The van der Waals surface area contributed by atoms with E-state index in [2.05, 4.69) is 0 Å². The average Bonchev–Trinajstić information content (AvgIpc) is 1.27. The van der Waals surface area contributed by atoms with E-state index in [4.69, 9.17) is 24.5 Å². The largest absolute Gasteiger partial charge is 1.00 e. The van der Waals surface area contributed by atoms with Crippen molar-refractivity contribution in [3.63, 3.8) is 0 Å². The van der Waals surface area contributed by atoms with Gasteiger partial charge >= 0.3 is 2.85 Å². The fourth-order valence-corrected chi connectivity index (χ4v) is 0. The van der Waals surface area contributed by atoms with E-state index in [1.807, 2.05) is 0 Å². The van der Waals surface area contributed by atoms with Crippen molar-refractivity contribution >= 4 is 7.82 Å². The number of hydrogen-bond acceptors (Lipinski definition) is 5. The zero-order chi connectivity index (χ0) is 7.21. The van der Waals surface area contributed by atoms with Crippen molar-refractivity contribution in [2.45, 2.75) is 6.92 Å². The third-order valence-corrected chi connectivity index (χ3v) is 0. The minimum atomic E-state index is -5.14. The summed E-state index contributed by atoms with van der Waals surface area (Å²) in [5.74, 6) is 0. The van der Waals surface area contributed by atoms with Crippen LogP contribution in [-0.2, 0) is 4.57 Å². The lowest BCUT2D eigenvalue weighted by atomic mass is 11.0. The zero-order valence-corrected chi connectivity index (χ0v) is 5.67. The molecule has 4 N–H and O–H groups in total. The van der Waals surface area contributed by atoms with Crippen LogP contribution in [0.25, 0.3) is 0 Å². The first-order valence-corrected chi connectivity index (χ1v) is 2.97. The maximum atomic E-state index is 8.66. The van der Waals surface area contributed by atoms with Crippen molar-refractivity contribution in [2.24, 2.45) is 0 Å². The summed E-state index contributed by atoms with van der Waals surface area (Å²) >= 11 is 0. The van der Waals surface area contributed by atoms with E-state index < -0.39 is 7.82 Å². The normalized spacial score (nSPS) is 7.44. The van der Waals surface area contributed by atoms with Gasteiger partial charge in [0, 0.05) is 6.92 Å². The Kier molecular flexibility index (Phi) is 13.3. The Bertz CT molecular complexity index is 122. The van der Waals surface area contributed by atoms with Gasteiger partial charge in [0.05, 0.1) is 13.9 Å². The molecule has 9 heavy (non-hydrogen) atoms. The molecule has 0 heterocycles. The standard InChI is InChI=1S/C2H3N.H3N.H3O4P/c1-2-3;;1-5(2,3)4/h1H3;1H3;(H3,1,2,3,4). The summed E-state index contributed by atoms with van der Waals surface area (Å²) in [5.41, 5.74) is 0. The van der Waals surface area contributed by atoms with Gasteiger partial charge in [-0.25, -0.2) is 0 Å². The van der Waals surface area contributed by atoms with Crippen LogP contribution in [0, 0.1) is 11.3 Å². The third kappa shape index (κ3) is 1210. The van der Waals surface area contributed by atoms with E-state index in [9.17, 15) is 0 Å². The highest BCUT2D eigenvalue weighted by atomic mass is 31.2. The minimum absolute atomic E-state index is 0. The van der Waals surface area contributed by atoms with Gasteiger partial charge in [-0.05, 0) is 0 Å². The number of rotatable bonds is 0. The number of hydrogen-bond donors (Lipinski definition) is 2. The highest BCUT2D eigenvalue weighted by molar-refractivity contribution is 7.42. The molecule has 7 heteroatoms. The van der Waals surface area contributed by atoms with Crippen LogP contribution in [0.1, 0.15) is 9.78 Å². The van der Waals surface area contributed by atoms with Gasteiger partial charge in [0.1, 0.15) is 0 Å². The van der Waals surface area contributed by atoms with Crippen LogP contribution in [-0.4, -0.2) is 4.89 Å². The van der Waals surface area contributed by atoms with Crippen molar-refractivity contribution in [3.05, 3.63) is 0 Å². The molecular formula is C2H9N2O4P. The van der Waals surface area contributed by atoms with E-state index in [0.717, 1.165) is 0 Å². The molecule has 0 aromatic heterocycles. The van der Waals surface area contributed by atoms with Crippen LogP contribution < -0.4 is 15.9 Å². The number of nitrogens with zero attached hydrogens (tertiary/aromatic N) is 1. The van der Waals surface area contributed by atoms with Gasteiger partial charge in [0.2, 0.25) is 0 Å². The Morgan fingerprint density at radius 2 is 1.78 bits per heavy atom. The number of phosphoric acid groups is 1. The van der Waals surface area contributed by atoms with Crippen molar-refractivity contribution in [2.75, 3.05) is 0 Å². The summed E-state index contributed by atoms with van der Waals surface area (Å²) in [5, 5.41) is 7.32. The molecule has 0 aromatic carbocycles.